The lowest BCUT2D eigenvalue weighted by molar-refractivity contribution is 1.22. The third-order valence-corrected chi connectivity index (χ3v) is 8.21. The minimum absolute atomic E-state index is 0.951. The second kappa shape index (κ2) is 6.17. The Morgan fingerprint density at radius 1 is 0.543 bits per heavy atom. The molecule has 2 aliphatic carbocycles. The first-order valence-corrected chi connectivity index (χ1v) is 12.3. The van der Waals surface area contributed by atoms with Crippen molar-refractivity contribution in [1.29, 1.82) is 0 Å². The zero-order valence-electron chi connectivity index (χ0n) is 19.0. The molecule has 2 aliphatic rings. The van der Waals surface area contributed by atoms with E-state index in [4.69, 9.17) is 4.98 Å². The highest BCUT2D eigenvalue weighted by atomic mass is 15.0. The van der Waals surface area contributed by atoms with E-state index in [9.17, 15) is 0 Å². The standard InChI is InChI=1S/C33H20N2/c1-2-8-22-19(7-1)17-20-13-14-21-18-27-25(31(21)30(20)22)15-16-28-32(27)35-29-12-6-5-10-24(29)23-9-3-4-11-26(23)33(35)34-28/h1-16H,17-18H2. The summed E-state index contributed by atoms with van der Waals surface area (Å²) in [6, 6.07) is 35.6. The van der Waals surface area contributed by atoms with Crippen molar-refractivity contribution in [3.8, 4) is 22.3 Å². The molecule has 2 aromatic heterocycles. The van der Waals surface area contributed by atoms with Crippen LogP contribution in [-0.4, -0.2) is 9.38 Å². The maximum atomic E-state index is 5.21. The number of pyridine rings is 1. The summed E-state index contributed by atoms with van der Waals surface area (Å²) in [5.41, 5.74) is 16.0. The predicted octanol–water partition coefficient (Wildman–Crippen LogP) is 7.94. The van der Waals surface area contributed by atoms with Crippen molar-refractivity contribution in [2.45, 2.75) is 12.8 Å². The molecule has 0 atom stereocenters. The Bertz CT molecular complexity index is 2060. The summed E-state index contributed by atoms with van der Waals surface area (Å²) in [5, 5.41) is 3.75. The SMILES string of the molecule is c1ccc2c(c1)Cc1ccc3c(c1-2)-c1ccc2nc4c5ccccc5c5ccccc5n4c2c1C3. The Labute approximate surface area is 202 Å². The fraction of sp³-hybridized carbons (Fsp3) is 0.0606. The largest absolute Gasteiger partial charge is 0.291 e. The molecule has 0 aliphatic heterocycles. The molecule has 5 aromatic carbocycles. The molecular formula is C33H20N2. The number of nitrogens with zero attached hydrogens (tertiary/aromatic N) is 2. The first kappa shape index (κ1) is 18.0. The number of para-hydroxylation sites is 1. The van der Waals surface area contributed by atoms with Gasteiger partial charge in [-0.15, -0.1) is 0 Å². The number of fused-ring (bicyclic) bond motifs is 16. The van der Waals surface area contributed by atoms with Crippen LogP contribution in [0.4, 0.5) is 0 Å². The molecule has 0 unspecified atom stereocenters. The molecule has 2 nitrogen and oxygen atoms in total. The molecule has 0 amide bonds. The van der Waals surface area contributed by atoms with Crippen LogP contribution in [0, 0.1) is 0 Å². The van der Waals surface area contributed by atoms with Crippen LogP contribution in [0.2, 0.25) is 0 Å². The third kappa shape index (κ3) is 2.14. The van der Waals surface area contributed by atoms with Crippen molar-refractivity contribution >= 4 is 38.4 Å². The van der Waals surface area contributed by atoms with Crippen LogP contribution >= 0.6 is 0 Å². The van der Waals surface area contributed by atoms with Crippen LogP contribution in [0.1, 0.15) is 22.3 Å². The lowest BCUT2D eigenvalue weighted by Gasteiger charge is -2.11. The predicted molar refractivity (Wildman–Crippen MR) is 144 cm³/mol. The van der Waals surface area contributed by atoms with Gasteiger partial charge < -0.3 is 0 Å². The molecule has 2 heterocycles. The van der Waals surface area contributed by atoms with E-state index >= 15 is 0 Å². The molecule has 0 saturated carbocycles. The maximum absolute atomic E-state index is 5.21. The Kier molecular flexibility index (Phi) is 3.16. The van der Waals surface area contributed by atoms with Crippen molar-refractivity contribution in [2.24, 2.45) is 0 Å². The van der Waals surface area contributed by atoms with Crippen molar-refractivity contribution < 1.29 is 0 Å². The van der Waals surface area contributed by atoms with E-state index < -0.39 is 0 Å². The summed E-state index contributed by atoms with van der Waals surface area (Å²) in [7, 11) is 0. The molecule has 0 fully saturated rings. The van der Waals surface area contributed by atoms with E-state index in [2.05, 4.69) is 101 Å². The Morgan fingerprint density at radius 2 is 1.26 bits per heavy atom. The number of rotatable bonds is 0. The highest BCUT2D eigenvalue weighted by Crippen LogP contribution is 2.50. The number of aromatic nitrogens is 2. The number of hydrogen-bond donors (Lipinski definition) is 0. The molecule has 35 heavy (non-hydrogen) atoms. The molecule has 9 rings (SSSR count). The maximum Gasteiger partial charge on any atom is 0.146 e. The Morgan fingerprint density at radius 3 is 2.17 bits per heavy atom. The van der Waals surface area contributed by atoms with Gasteiger partial charge in [-0.3, -0.25) is 4.40 Å². The monoisotopic (exact) mass is 444 g/mol. The number of benzene rings is 5. The molecule has 0 radical (unpaired) electrons. The van der Waals surface area contributed by atoms with Gasteiger partial charge in [0.05, 0.1) is 16.6 Å². The van der Waals surface area contributed by atoms with E-state index in [1.165, 1.54) is 71.7 Å². The van der Waals surface area contributed by atoms with Crippen LogP contribution < -0.4 is 0 Å². The summed E-state index contributed by atoms with van der Waals surface area (Å²) < 4.78 is 2.42. The van der Waals surface area contributed by atoms with E-state index in [1.54, 1.807) is 0 Å². The lowest BCUT2D eigenvalue weighted by Crippen LogP contribution is -1.93. The molecule has 0 N–H and O–H groups in total. The zero-order valence-corrected chi connectivity index (χ0v) is 19.0. The normalized spacial score (nSPS) is 13.5. The molecular weight excluding hydrogens is 424 g/mol. The van der Waals surface area contributed by atoms with E-state index in [1.807, 2.05) is 0 Å². The summed E-state index contributed by atoms with van der Waals surface area (Å²) >= 11 is 0. The number of imidazole rings is 1. The lowest BCUT2D eigenvalue weighted by atomic mass is 9.94. The summed E-state index contributed by atoms with van der Waals surface area (Å²) in [6.45, 7) is 0. The van der Waals surface area contributed by atoms with Crippen molar-refractivity contribution in [2.75, 3.05) is 0 Å². The topological polar surface area (TPSA) is 17.3 Å². The minimum atomic E-state index is 0.951. The van der Waals surface area contributed by atoms with E-state index in [0.717, 1.165) is 24.0 Å². The quantitative estimate of drug-likeness (QED) is 0.217. The molecule has 0 spiro atoms. The minimum Gasteiger partial charge on any atom is -0.291 e. The number of hydrogen-bond acceptors (Lipinski definition) is 1. The van der Waals surface area contributed by atoms with Crippen molar-refractivity contribution in [1.82, 2.24) is 9.38 Å². The summed E-state index contributed by atoms with van der Waals surface area (Å²) in [6.07, 6.45) is 1.98. The second-order valence-corrected chi connectivity index (χ2v) is 9.94. The first-order valence-electron chi connectivity index (χ1n) is 12.3. The first-order chi connectivity index (χ1) is 17.4. The fourth-order valence-corrected chi connectivity index (χ4v) is 6.78. The van der Waals surface area contributed by atoms with Gasteiger partial charge in [0.15, 0.2) is 0 Å². The van der Waals surface area contributed by atoms with Crippen LogP contribution in [0.3, 0.4) is 0 Å². The van der Waals surface area contributed by atoms with Crippen LogP contribution in [0.25, 0.3) is 60.6 Å². The van der Waals surface area contributed by atoms with Gasteiger partial charge in [0, 0.05) is 17.2 Å². The van der Waals surface area contributed by atoms with Gasteiger partial charge in [-0.05, 0) is 68.4 Å². The average Bonchev–Trinajstić information content (AvgIpc) is 3.59. The molecule has 7 aromatic rings. The summed E-state index contributed by atoms with van der Waals surface area (Å²) in [5.74, 6) is 0. The highest BCUT2D eigenvalue weighted by molar-refractivity contribution is 6.14. The van der Waals surface area contributed by atoms with Crippen LogP contribution in [-0.2, 0) is 12.8 Å². The van der Waals surface area contributed by atoms with Gasteiger partial charge in [0.25, 0.3) is 0 Å². The summed E-state index contributed by atoms with van der Waals surface area (Å²) in [4.78, 5) is 5.21. The van der Waals surface area contributed by atoms with Crippen LogP contribution in [0.15, 0.2) is 97.1 Å². The average molecular weight is 445 g/mol. The molecule has 162 valence electrons. The van der Waals surface area contributed by atoms with E-state index in [0.29, 0.717) is 0 Å². The van der Waals surface area contributed by atoms with Crippen molar-refractivity contribution in [3.05, 3.63) is 119 Å². The Hall–Kier alpha value is -4.43. The van der Waals surface area contributed by atoms with E-state index in [-0.39, 0.29) is 0 Å². The van der Waals surface area contributed by atoms with Gasteiger partial charge in [0.1, 0.15) is 5.65 Å². The third-order valence-electron chi connectivity index (χ3n) is 8.21. The van der Waals surface area contributed by atoms with Gasteiger partial charge >= 0.3 is 0 Å². The van der Waals surface area contributed by atoms with Gasteiger partial charge in [-0.25, -0.2) is 4.98 Å². The van der Waals surface area contributed by atoms with Gasteiger partial charge in [0.2, 0.25) is 0 Å². The zero-order chi connectivity index (χ0) is 22.7. The van der Waals surface area contributed by atoms with Crippen molar-refractivity contribution in [3.63, 3.8) is 0 Å². The molecule has 0 bridgehead atoms. The van der Waals surface area contributed by atoms with Gasteiger partial charge in [-0.1, -0.05) is 84.9 Å². The van der Waals surface area contributed by atoms with Crippen LogP contribution in [0.5, 0.6) is 0 Å². The van der Waals surface area contributed by atoms with Gasteiger partial charge in [-0.2, -0.15) is 0 Å². The molecule has 2 heteroatoms. The highest BCUT2D eigenvalue weighted by Gasteiger charge is 2.30. The fourth-order valence-electron chi connectivity index (χ4n) is 6.78. The smallest absolute Gasteiger partial charge is 0.146 e. The molecule has 0 saturated heterocycles. The second-order valence-electron chi connectivity index (χ2n) is 9.94. The Balaban J connectivity index is 1.45.